The number of carbonyl (C=O) groups excluding carboxylic acids is 1. The number of aromatic nitrogens is 1. The van der Waals surface area contributed by atoms with Crippen molar-refractivity contribution in [2.75, 3.05) is 39.9 Å². The Bertz CT molecular complexity index is 511. The summed E-state index contributed by atoms with van der Waals surface area (Å²) in [5.74, 6) is 0.219. The largest absolute Gasteiger partial charge is 0.378 e. The predicted octanol–water partition coefficient (Wildman–Crippen LogP) is 0.883. The highest BCUT2D eigenvalue weighted by Gasteiger charge is 2.29. The number of likely N-dealkylation sites (tertiary alicyclic amines) is 1. The Morgan fingerprint density at radius 3 is 2.96 bits per heavy atom. The molecule has 0 saturated carbocycles. The van der Waals surface area contributed by atoms with E-state index in [-0.39, 0.29) is 11.9 Å². The summed E-state index contributed by atoms with van der Waals surface area (Å²) >= 11 is 0. The number of morpholine rings is 1. The molecule has 2 aliphatic rings. The topological polar surface area (TPSA) is 57.7 Å². The third-order valence-electron chi connectivity index (χ3n) is 4.94. The smallest absolute Gasteiger partial charge is 0.224 e. The van der Waals surface area contributed by atoms with Gasteiger partial charge in [0.2, 0.25) is 5.91 Å². The van der Waals surface area contributed by atoms with Crippen molar-refractivity contribution in [2.24, 2.45) is 0 Å². The normalized spacial score (nSPS) is 23.1. The maximum atomic E-state index is 13.0. The zero-order valence-corrected chi connectivity index (χ0v) is 14.5. The van der Waals surface area contributed by atoms with Gasteiger partial charge in [-0.05, 0) is 44.6 Å². The van der Waals surface area contributed by atoms with Gasteiger partial charge in [-0.25, -0.2) is 0 Å². The summed E-state index contributed by atoms with van der Waals surface area (Å²) < 4.78 is 5.49. The second kappa shape index (κ2) is 8.55. The number of nitrogens with one attached hydrogen (secondary N) is 1. The summed E-state index contributed by atoms with van der Waals surface area (Å²) in [6.07, 6.45) is 6.21. The summed E-state index contributed by atoms with van der Waals surface area (Å²) in [5, 5.41) is 3.39. The molecule has 1 aromatic heterocycles. The molecule has 132 valence electrons. The van der Waals surface area contributed by atoms with Crippen LogP contribution in [-0.4, -0.2) is 72.7 Å². The van der Waals surface area contributed by atoms with Gasteiger partial charge in [0, 0.05) is 44.0 Å². The summed E-state index contributed by atoms with van der Waals surface area (Å²) in [6.45, 7) is 4.93. The van der Waals surface area contributed by atoms with Crippen LogP contribution in [-0.2, 0) is 16.1 Å². The molecule has 2 aliphatic heterocycles. The van der Waals surface area contributed by atoms with Gasteiger partial charge in [0.25, 0.3) is 0 Å². The number of carbonyl (C=O) groups is 1. The lowest BCUT2D eigenvalue weighted by Crippen LogP contribution is -2.49. The Labute approximate surface area is 144 Å². The number of piperidine rings is 1. The molecule has 1 unspecified atom stereocenters. The number of amides is 1. The van der Waals surface area contributed by atoms with Crippen molar-refractivity contribution >= 4 is 5.91 Å². The van der Waals surface area contributed by atoms with Crippen LogP contribution in [0.25, 0.3) is 0 Å². The first-order valence-corrected chi connectivity index (χ1v) is 8.90. The molecule has 3 rings (SSSR count). The molecule has 0 spiro atoms. The molecule has 24 heavy (non-hydrogen) atoms. The fourth-order valence-electron chi connectivity index (χ4n) is 3.49. The van der Waals surface area contributed by atoms with E-state index in [2.05, 4.69) is 27.1 Å². The molecule has 0 aromatic carbocycles. The molecule has 6 heteroatoms. The van der Waals surface area contributed by atoms with Crippen molar-refractivity contribution in [1.82, 2.24) is 20.1 Å². The number of hydrogen-bond donors (Lipinski definition) is 1. The molecule has 0 aliphatic carbocycles. The average molecular weight is 332 g/mol. The van der Waals surface area contributed by atoms with Crippen molar-refractivity contribution in [3.05, 3.63) is 30.1 Å². The molecule has 2 saturated heterocycles. The van der Waals surface area contributed by atoms with E-state index in [1.165, 1.54) is 0 Å². The van der Waals surface area contributed by atoms with E-state index < -0.39 is 0 Å². The highest BCUT2D eigenvalue weighted by Crippen LogP contribution is 2.20. The molecule has 0 bridgehead atoms. The predicted molar refractivity (Wildman–Crippen MR) is 92.5 cm³/mol. The van der Waals surface area contributed by atoms with Crippen molar-refractivity contribution in [2.45, 2.75) is 37.9 Å². The fraction of sp³-hybridized carbons (Fsp3) is 0.667. The van der Waals surface area contributed by atoms with E-state index in [0.717, 1.165) is 44.6 Å². The van der Waals surface area contributed by atoms with Crippen LogP contribution in [0, 0.1) is 0 Å². The second-order valence-electron chi connectivity index (χ2n) is 6.85. The van der Waals surface area contributed by atoms with Crippen LogP contribution in [0.1, 0.15) is 24.8 Å². The highest BCUT2D eigenvalue weighted by molar-refractivity contribution is 5.77. The van der Waals surface area contributed by atoms with Crippen molar-refractivity contribution in [3.8, 4) is 0 Å². The number of pyridine rings is 1. The van der Waals surface area contributed by atoms with Gasteiger partial charge in [0.1, 0.15) is 0 Å². The van der Waals surface area contributed by atoms with Crippen molar-refractivity contribution < 1.29 is 9.53 Å². The lowest BCUT2D eigenvalue weighted by atomic mass is 10.0. The van der Waals surface area contributed by atoms with E-state index in [1.807, 2.05) is 18.3 Å². The third kappa shape index (κ3) is 4.75. The molecule has 1 atom stereocenters. The number of nitrogens with zero attached hydrogens (tertiary/aromatic N) is 3. The van der Waals surface area contributed by atoms with Gasteiger partial charge < -0.3 is 19.9 Å². The van der Waals surface area contributed by atoms with Gasteiger partial charge in [0.05, 0.1) is 13.2 Å². The Morgan fingerprint density at radius 2 is 2.29 bits per heavy atom. The van der Waals surface area contributed by atoms with Crippen LogP contribution in [0.2, 0.25) is 0 Å². The zero-order valence-electron chi connectivity index (χ0n) is 14.5. The van der Waals surface area contributed by atoms with Crippen molar-refractivity contribution in [3.63, 3.8) is 0 Å². The quantitative estimate of drug-likeness (QED) is 0.868. The van der Waals surface area contributed by atoms with Crippen LogP contribution in [0.3, 0.4) is 0 Å². The minimum Gasteiger partial charge on any atom is -0.378 e. The number of rotatable bonds is 5. The SMILES string of the molecule is CN1CCC(N(Cc2cccnc2)C(=O)CC2COCCN2)CC1. The standard InChI is InChI=1S/C18H28N4O2/c1-21-8-4-17(5-9-21)22(13-15-3-2-6-19-12-15)18(23)11-16-14-24-10-7-20-16/h2-3,6,12,16-17,20H,4-5,7-11,13-14H2,1H3. The highest BCUT2D eigenvalue weighted by atomic mass is 16.5. The minimum absolute atomic E-state index is 0.133. The molecule has 1 N–H and O–H groups in total. The Kier molecular flexibility index (Phi) is 6.18. The molecular formula is C18H28N4O2. The molecule has 6 nitrogen and oxygen atoms in total. The van der Waals surface area contributed by atoms with Gasteiger partial charge in [-0.15, -0.1) is 0 Å². The van der Waals surface area contributed by atoms with E-state index in [0.29, 0.717) is 25.6 Å². The zero-order chi connectivity index (χ0) is 16.8. The maximum Gasteiger partial charge on any atom is 0.224 e. The van der Waals surface area contributed by atoms with Crippen LogP contribution < -0.4 is 5.32 Å². The summed E-state index contributed by atoms with van der Waals surface area (Å²) in [7, 11) is 2.15. The van der Waals surface area contributed by atoms with Gasteiger partial charge >= 0.3 is 0 Å². The Morgan fingerprint density at radius 1 is 1.46 bits per heavy atom. The van der Waals surface area contributed by atoms with Crippen LogP contribution in [0.5, 0.6) is 0 Å². The van der Waals surface area contributed by atoms with Gasteiger partial charge in [-0.3, -0.25) is 9.78 Å². The van der Waals surface area contributed by atoms with Gasteiger partial charge in [-0.2, -0.15) is 0 Å². The summed E-state index contributed by atoms with van der Waals surface area (Å²) in [6, 6.07) is 4.43. The second-order valence-corrected chi connectivity index (χ2v) is 6.85. The first kappa shape index (κ1) is 17.3. The monoisotopic (exact) mass is 332 g/mol. The van der Waals surface area contributed by atoms with Gasteiger partial charge in [-0.1, -0.05) is 6.07 Å². The lowest BCUT2D eigenvalue weighted by molar-refractivity contribution is -0.136. The third-order valence-corrected chi connectivity index (χ3v) is 4.94. The Hall–Kier alpha value is -1.50. The maximum absolute atomic E-state index is 13.0. The first-order chi connectivity index (χ1) is 11.7. The molecule has 0 radical (unpaired) electrons. The molecule has 3 heterocycles. The van der Waals surface area contributed by atoms with Crippen LogP contribution >= 0.6 is 0 Å². The summed E-state index contributed by atoms with van der Waals surface area (Å²) in [4.78, 5) is 21.6. The summed E-state index contributed by atoms with van der Waals surface area (Å²) in [5.41, 5.74) is 1.10. The van der Waals surface area contributed by atoms with E-state index in [1.54, 1.807) is 6.20 Å². The van der Waals surface area contributed by atoms with Gasteiger partial charge in [0.15, 0.2) is 0 Å². The van der Waals surface area contributed by atoms with E-state index >= 15 is 0 Å². The fourth-order valence-corrected chi connectivity index (χ4v) is 3.49. The minimum atomic E-state index is 0.133. The number of ether oxygens (including phenoxy) is 1. The van der Waals surface area contributed by atoms with Crippen LogP contribution in [0.4, 0.5) is 0 Å². The molecule has 1 aromatic rings. The molecular weight excluding hydrogens is 304 g/mol. The van der Waals surface area contributed by atoms with E-state index in [4.69, 9.17) is 4.74 Å². The first-order valence-electron chi connectivity index (χ1n) is 8.90. The number of hydrogen-bond acceptors (Lipinski definition) is 5. The van der Waals surface area contributed by atoms with Crippen molar-refractivity contribution in [1.29, 1.82) is 0 Å². The van der Waals surface area contributed by atoms with Crippen LogP contribution in [0.15, 0.2) is 24.5 Å². The average Bonchev–Trinajstić information content (AvgIpc) is 2.62. The lowest BCUT2D eigenvalue weighted by Gasteiger charge is -2.38. The Balaban J connectivity index is 1.67. The van der Waals surface area contributed by atoms with E-state index in [9.17, 15) is 4.79 Å². The molecule has 2 fully saturated rings. The molecule has 1 amide bonds.